The van der Waals surface area contributed by atoms with Gasteiger partial charge in [0.25, 0.3) is 0 Å². The second-order valence-electron chi connectivity index (χ2n) is 9.90. The fourth-order valence-electron chi connectivity index (χ4n) is 5.32. The molecule has 5 atom stereocenters. The Bertz CT molecular complexity index is 1020. The molecular formula is C29H39N3O5. The third-order valence-electron chi connectivity index (χ3n) is 7.12. The SMILES string of the molecule is CCCC(CC1C(NC(=O)OCc2ccccc2)CC(C(=O)O)N1Cc1ccccc1)C(C)NC(C)=O. The van der Waals surface area contributed by atoms with Crippen LogP contribution < -0.4 is 10.6 Å². The van der Waals surface area contributed by atoms with Gasteiger partial charge in [0, 0.05) is 31.6 Å². The van der Waals surface area contributed by atoms with E-state index < -0.39 is 24.1 Å². The number of likely N-dealkylation sites (tertiary alicyclic amines) is 1. The van der Waals surface area contributed by atoms with Gasteiger partial charge in [-0.05, 0) is 43.2 Å². The lowest BCUT2D eigenvalue weighted by Crippen LogP contribution is -2.49. The van der Waals surface area contributed by atoms with Crippen molar-refractivity contribution in [3.63, 3.8) is 0 Å². The van der Waals surface area contributed by atoms with Crippen molar-refractivity contribution in [2.45, 2.75) is 83.8 Å². The summed E-state index contributed by atoms with van der Waals surface area (Å²) in [7, 11) is 0. The van der Waals surface area contributed by atoms with Crippen LogP contribution in [0.5, 0.6) is 0 Å². The van der Waals surface area contributed by atoms with E-state index in [1.807, 2.05) is 72.5 Å². The Morgan fingerprint density at radius 3 is 2.24 bits per heavy atom. The molecule has 8 heteroatoms. The molecule has 3 rings (SSSR count). The van der Waals surface area contributed by atoms with Crippen LogP contribution in [0.2, 0.25) is 0 Å². The van der Waals surface area contributed by atoms with Gasteiger partial charge < -0.3 is 20.5 Å². The first-order valence-electron chi connectivity index (χ1n) is 13.0. The van der Waals surface area contributed by atoms with Gasteiger partial charge in [0.05, 0.1) is 0 Å². The molecule has 3 N–H and O–H groups in total. The van der Waals surface area contributed by atoms with Crippen LogP contribution in [0, 0.1) is 5.92 Å². The number of carboxylic acid groups (broad SMARTS) is 1. The maximum absolute atomic E-state index is 12.8. The van der Waals surface area contributed by atoms with Gasteiger partial charge in [-0.1, -0.05) is 74.0 Å². The topological polar surface area (TPSA) is 108 Å². The van der Waals surface area contributed by atoms with Crippen LogP contribution in [0.15, 0.2) is 60.7 Å². The number of carboxylic acids is 1. The first-order chi connectivity index (χ1) is 17.8. The zero-order valence-electron chi connectivity index (χ0n) is 21.9. The van der Waals surface area contributed by atoms with Crippen molar-refractivity contribution in [1.29, 1.82) is 0 Å². The summed E-state index contributed by atoms with van der Waals surface area (Å²) in [6.07, 6.45) is 2.15. The normalized spacial score (nSPS) is 21.1. The van der Waals surface area contributed by atoms with Gasteiger partial charge in [-0.2, -0.15) is 0 Å². The van der Waals surface area contributed by atoms with E-state index in [4.69, 9.17) is 4.74 Å². The predicted octanol–water partition coefficient (Wildman–Crippen LogP) is 4.34. The Morgan fingerprint density at radius 1 is 1.05 bits per heavy atom. The number of rotatable bonds is 12. The quantitative estimate of drug-likeness (QED) is 0.393. The molecule has 0 saturated carbocycles. The summed E-state index contributed by atoms with van der Waals surface area (Å²) < 4.78 is 5.47. The summed E-state index contributed by atoms with van der Waals surface area (Å²) in [6, 6.07) is 17.7. The third kappa shape index (κ3) is 8.32. The molecule has 2 aromatic rings. The highest BCUT2D eigenvalue weighted by Gasteiger charge is 2.46. The van der Waals surface area contributed by atoms with Crippen molar-refractivity contribution in [3.8, 4) is 0 Å². The molecule has 1 fully saturated rings. The average Bonchev–Trinajstić information content (AvgIpc) is 3.20. The molecule has 1 saturated heterocycles. The number of nitrogens with one attached hydrogen (secondary N) is 2. The molecule has 1 heterocycles. The number of amides is 2. The summed E-state index contributed by atoms with van der Waals surface area (Å²) in [5.41, 5.74) is 1.88. The molecule has 2 amide bonds. The van der Waals surface area contributed by atoms with E-state index in [0.29, 0.717) is 13.0 Å². The number of alkyl carbamates (subject to hydrolysis) is 1. The van der Waals surface area contributed by atoms with E-state index in [1.165, 1.54) is 6.92 Å². The Balaban J connectivity index is 1.83. The van der Waals surface area contributed by atoms with E-state index in [-0.39, 0.29) is 36.9 Å². The van der Waals surface area contributed by atoms with Crippen LogP contribution in [-0.4, -0.2) is 52.1 Å². The highest BCUT2D eigenvalue weighted by Crippen LogP contribution is 2.33. The van der Waals surface area contributed by atoms with E-state index >= 15 is 0 Å². The molecule has 0 bridgehead atoms. The lowest BCUT2D eigenvalue weighted by molar-refractivity contribution is -0.143. The minimum atomic E-state index is -0.912. The Morgan fingerprint density at radius 2 is 1.68 bits per heavy atom. The van der Waals surface area contributed by atoms with Crippen molar-refractivity contribution in [3.05, 3.63) is 71.8 Å². The van der Waals surface area contributed by atoms with Crippen molar-refractivity contribution in [2.24, 2.45) is 5.92 Å². The van der Waals surface area contributed by atoms with E-state index in [1.54, 1.807) is 0 Å². The van der Waals surface area contributed by atoms with Crippen LogP contribution >= 0.6 is 0 Å². The number of hydrogen-bond acceptors (Lipinski definition) is 5. The summed E-state index contributed by atoms with van der Waals surface area (Å²) in [4.78, 5) is 38.9. The van der Waals surface area contributed by atoms with Gasteiger partial charge in [0.1, 0.15) is 12.6 Å². The number of ether oxygens (including phenoxy) is 1. The van der Waals surface area contributed by atoms with Gasteiger partial charge in [0.2, 0.25) is 5.91 Å². The van der Waals surface area contributed by atoms with Crippen LogP contribution in [0.3, 0.4) is 0 Å². The molecule has 8 nitrogen and oxygen atoms in total. The molecule has 0 aliphatic carbocycles. The van der Waals surface area contributed by atoms with Gasteiger partial charge in [-0.25, -0.2) is 4.79 Å². The highest BCUT2D eigenvalue weighted by atomic mass is 16.5. The lowest BCUT2D eigenvalue weighted by Gasteiger charge is -2.35. The maximum atomic E-state index is 12.8. The number of hydrogen-bond donors (Lipinski definition) is 3. The summed E-state index contributed by atoms with van der Waals surface area (Å²) in [5.74, 6) is -0.886. The summed E-state index contributed by atoms with van der Waals surface area (Å²) in [5, 5.41) is 16.1. The number of benzene rings is 2. The molecule has 1 aliphatic heterocycles. The first-order valence-corrected chi connectivity index (χ1v) is 13.0. The smallest absolute Gasteiger partial charge is 0.407 e. The van der Waals surface area contributed by atoms with Crippen LogP contribution in [0.25, 0.3) is 0 Å². The largest absolute Gasteiger partial charge is 0.480 e. The standard InChI is InChI=1S/C29H39N3O5/c1-4-11-24(20(2)30-21(3)33)16-26-25(31-29(36)37-19-23-14-9-6-10-15-23)17-27(28(34)35)32(26)18-22-12-7-5-8-13-22/h5-10,12-15,20,24-27H,4,11,16-19H2,1-3H3,(H,30,33)(H,31,36)(H,34,35). The van der Waals surface area contributed by atoms with Gasteiger partial charge in [-0.3, -0.25) is 14.5 Å². The molecule has 37 heavy (non-hydrogen) atoms. The van der Waals surface area contributed by atoms with Crippen LogP contribution in [-0.2, 0) is 27.5 Å². The van der Waals surface area contributed by atoms with Crippen molar-refractivity contribution >= 4 is 18.0 Å². The Hall–Kier alpha value is -3.39. The van der Waals surface area contributed by atoms with Crippen molar-refractivity contribution in [1.82, 2.24) is 15.5 Å². The Kier molecular flexibility index (Phi) is 10.5. The zero-order valence-corrected chi connectivity index (χ0v) is 21.9. The number of aliphatic carboxylic acids is 1. The molecule has 0 aromatic heterocycles. The fourth-order valence-corrected chi connectivity index (χ4v) is 5.32. The number of nitrogens with zero attached hydrogens (tertiary/aromatic N) is 1. The van der Waals surface area contributed by atoms with E-state index in [9.17, 15) is 19.5 Å². The molecule has 200 valence electrons. The minimum Gasteiger partial charge on any atom is -0.480 e. The van der Waals surface area contributed by atoms with E-state index in [0.717, 1.165) is 24.0 Å². The van der Waals surface area contributed by atoms with Crippen molar-refractivity contribution in [2.75, 3.05) is 0 Å². The predicted molar refractivity (Wildman–Crippen MR) is 142 cm³/mol. The fraction of sp³-hybridized carbons (Fsp3) is 0.483. The third-order valence-corrected chi connectivity index (χ3v) is 7.12. The molecule has 1 aliphatic rings. The second-order valence-corrected chi connectivity index (χ2v) is 9.90. The van der Waals surface area contributed by atoms with Gasteiger partial charge >= 0.3 is 12.1 Å². The number of carbonyl (C=O) groups is 3. The highest BCUT2D eigenvalue weighted by molar-refractivity contribution is 5.75. The van der Waals surface area contributed by atoms with Crippen LogP contribution in [0.1, 0.15) is 57.6 Å². The lowest BCUT2D eigenvalue weighted by atomic mass is 9.87. The molecule has 0 spiro atoms. The van der Waals surface area contributed by atoms with E-state index in [2.05, 4.69) is 17.6 Å². The van der Waals surface area contributed by atoms with Gasteiger partial charge in [-0.15, -0.1) is 0 Å². The van der Waals surface area contributed by atoms with Crippen molar-refractivity contribution < 1.29 is 24.2 Å². The Labute approximate surface area is 219 Å². The molecule has 2 aromatic carbocycles. The maximum Gasteiger partial charge on any atom is 0.407 e. The molecule has 0 radical (unpaired) electrons. The average molecular weight is 510 g/mol. The van der Waals surface area contributed by atoms with Crippen LogP contribution in [0.4, 0.5) is 4.79 Å². The first kappa shape index (κ1) is 28.2. The summed E-state index contributed by atoms with van der Waals surface area (Å²) >= 11 is 0. The molecule has 5 unspecified atom stereocenters. The monoisotopic (exact) mass is 509 g/mol. The molecular weight excluding hydrogens is 470 g/mol. The minimum absolute atomic E-state index is 0.0782. The zero-order chi connectivity index (χ0) is 26.8. The number of carbonyl (C=O) groups excluding carboxylic acids is 2. The van der Waals surface area contributed by atoms with Gasteiger partial charge in [0.15, 0.2) is 0 Å². The second kappa shape index (κ2) is 13.8. The summed E-state index contributed by atoms with van der Waals surface area (Å²) in [6.45, 7) is 6.18.